The summed E-state index contributed by atoms with van der Waals surface area (Å²) in [5.41, 5.74) is 8.25. The lowest BCUT2D eigenvalue weighted by molar-refractivity contribution is 0.296. The maximum Gasteiger partial charge on any atom is 0.189 e. The molecule has 1 aromatic carbocycles. The number of hydrogen-bond acceptors (Lipinski definition) is 2. The number of aliphatic imine (C=N–C) groups is 1. The molecule has 0 saturated heterocycles. The first-order valence-electron chi connectivity index (χ1n) is 7.14. The summed E-state index contributed by atoms with van der Waals surface area (Å²) in [4.78, 5) is 6.71. The van der Waals surface area contributed by atoms with Crippen molar-refractivity contribution in [2.75, 3.05) is 19.6 Å². The lowest BCUT2D eigenvalue weighted by atomic mass is 10.1. The van der Waals surface area contributed by atoms with Crippen molar-refractivity contribution in [3.05, 3.63) is 48.0 Å². The van der Waals surface area contributed by atoms with Crippen molar-refractivity contribution in [1.82, 2.24) is 10.2 Å². The quantitative estimate of drug-likeness (QED) is 0.304. The van der Waals surface area contributed by atoms with Crippen LogP contribution < -0.4 is 11.1 Å². The second kappa shape index (κ2) is 11.6. The van der Waals surface area contributed by atoms with Gasteiger partial charge >= 0.3 is 0 Å². The van der Waals surface area contributed by atoms with Gasteiger partial charge in [0.15, 0.2) is 5.96 Å². The fourth-order valence-corrected chi connectivity index (χ4v) is 1.94. The molecular formula is C16H27IN4. The van der Waals surface area contributed by atoms with E-state index < -0.39 is 0 Å². The Morgan fingerprint density at radius 2 is 2.00 bits per heavy atom. The minimum absolute atomic E-state index is 0. The zero-order chi connectivity index (χ0) is 14.8. The lowest BCUT2D eigenvalue weighted by Crippen LogP contribution is -2.31. The number of halogens is 1. The lowest BCUT2D eigenvalue weighted by Gasteiger charge is -2.18. The van der Waals surface area contributed by atoms with Gasteiger partial charge in [-0.15, -0.1) is 30.6 Å². The largest absolute Gasteiger partial charge is 0.370 e. The number of rotatable bonds is 8. The first kappa shape index (κ1) is 19.9. The fourth-order valence-electron chi connectivity index (χ4n) is 1.94. The van der Waals surface area contributed by atoms with Gasteiger partial charge in [-0.1, -0.05) is 44.2 Å². The summed E-state index contributed by atoms with van der Waals surface area (Å²) in [6, 6.07) is 8.51. The topological polar surface area (TPSA) is 53.6 Å². The van der Waals surface area contributed by atoms with Gasteiger partial charge in [-0.05, 0) is 24.2 Å². The van der Waals surface area contributed by atoms with E-state index in [4.69, 9.17) is 5.73 Å². The molecule has 0 amide bonds. The Labute approximate surface area is 145 Å². The molecule has 0 saturated carbocycles. The molecule has 0 aliphatic carbocycles. The second-order valence-electron chi connectivity index (χ2n) is 4.65. The average Bonchev–Trinajstić information content (AvgIpc) is 2.49. The van der Waals surface area contributed by atoms with Gasteiger partial charge < -0.3 is 11.1 Å². The Balaban J connectivity index is 0.00000400. The first-order valence-corrected chi connectivity index (χ1v) is 7.14. The van der Waals surface area contributed by atoms with E-state index in [-0.39, 0.29) is 24.0 Å². The molecule has 118 valence electrons. The Morgan fingerprint density at radius 1 is 1.33 bits per heavy atom. The van der Waals surface area contributed by atoms with Crippen molar-refractivity contribution >= 4 is 29.9 Å². The number of nitrogens with two attached hydrogens (primary N) is 1. The molecule has 0 aliphatic rings. The van der Waals surface area contributed by atoms with Crippen LogP contribution in [0.5, 0.6) is 0 Å². The first-order chi connectivity index (χ1) is 9.69. The third-order valence-electron chi connectivity index (χ3n) is 3.15. The van der Waals surface area contributed by atoms with Gasteiger partial charge in [-0.2, -0.15) is 0 Å². The van der Waals surface area contributed by atoms with Gasteiger partial charge in [-0.3, -0.25) is 4.90 Å². The molecule has 0 atom stereocenters. The van der Waals surface area contributed by atoms with Gasteiger partial charge in [0.25, 0.3) is 0 Å². The summed E-state index contributed by atoms with van der Waals surface area (Å²) >= 11 is 0. The highest BCUT2D eigenvalue weighted by molar-refractivity contribution is 14.0. The molecule has 0 heterocycles. The maximum absolute atomic E-state index is 5.75. The fraction of sp³-hybridized carbons (Fsp3) is 0.438. The van der Waals surface area contributed by atoms with Crippen molar-refractivity contribution in [2.45, 2.75) is 26.9 Å². The summed E-state index contributed by atoms with van der Waals surface area (Å²) in [6.07, 6.45) is 1.76. The molecule has 0 spiro atoms. The Morgan fingerprint density at radius 3 is 2.62 bits per heavy atom. The van der Waals surface area contributed by atoms with Gasteiger partial charge in [0.05, 0.1) is 6.54 Å². The van der Waals surface area contributed by atoms with E-state index in [1.165, 1.54) is 11.1 Å². The number of nitrogens with zero attached hydrogens (tertiary/aromatic N) is 2. The van der Waals surface area contributed by atoms with Gasteiger partial charge in [0, 0.05) is 13.1 Å². The van der Waals surface area contributed by atoms with E-state index >= 15 is 0 Å². The summed E-state index contributed by atoms with van der Waals surface area (Å²) in [5.74, 6) is 0.457. The normalized spacial score (nSPS) is 11.1. The summed E-state index contributed by atoms with van der Waals surface area (Å²) < 4.78 is 0. The van der Waals surface area contributed by atoms with Gasteiger partial charge in [-0.25, -0.2) is 4.99 Å². The Hall–Kier alpha value is -1.08. The molecule has 21 heavy (non-hydrogen) atoms. The van der Waals surface area contributed by atoms with Crippen LogP contribution in [0.2, 0.25) is 0 Å². The molecule has 0 radical (unpaired) electrons. The van der Waals surface area contributed by atoms with Crippen LogP contribution in [0.1, 0.15) is 25.0 Å². The van der Waals surface area contributed by atoms with Crippen LogP contribution in [0.25, 0.3) is 0 Å². The highest BCUT2D eigenvalue weighted by Gasteiger charge is 2.02. The van der Waals surface area contributed by atoms with Crippen LogP contribution in [0.3, 0.4) is 0 Å². The summed E-state index contributed by atoms with van der Waals surface area (Å²) in [5, 5.41) is 2.97. The number of guanidine groups is 1. The van der Waals surface area contributed by atoms with Crippen molar-refractivity contribution in [1.29, 1.82) is 0 Å². The van der Waals surface area contributed by atoms with Gasteiger partial charge in [0.2, 0.25) is 0 Å². The van der Waals surface area contributed by atoms with E-state index in [9.17, 15) is 0 Å². The zero-order valence-corrected chi connectivity index (χ0v) is 15.3. The highest BCUT2D eigenvalue weighted by Crippen LogP contribution is 2.09. The molecule has 0 fully saturated rings. The number of benzene rings is 1. The predicted octanol–water partition coefficient (Wildman–Crippen LogP) is 2.74. The third kappa shape index (κ3) is 8.06. The molecule has 3 N–H and O–H groups in total. The van der Waals surface area contributed by atoms with E-state index in [1.807, 2.05) is 0 Å². The minimum atomic E-state index is 0. The highest BCUT2D eigenvalue weighted by atomic mass is 127. The Kier molecular flexibility index (Phi) is 11.0. The maximum atomic E-state index is 5.75. The van der Waals surface area contributed by atoms with Crippen LogP contribution in [0.4, 0.5) is 0 Å². The standard InChI is InChI=1S/C16H26N4.HI/c1-4-10-18-16(17)19-12-14-8-7-9-15(11-14)13-20(5-2)6-3;/h4,7-9,11H,1,5-6,10,12-13H2,2-3H3,(H3,17,18,19);1H. The molecule has 4 nitrogen and oxygen atoms in total. The third-order valence-corrected chi connectivity index (χ3v) is 3.15. The average molecular weight is 402 g/mol. The summed E-state index contributed by atoms with van der Waals surface area (Å²) in [7, 11) is 0. The number of hydrogen-bond donors (Lipinski definition) is 2. The predicted molar refractivity (Wildman–Crippen MR) is 102 cm³/mol. The Bertz CT molecular complexity index is 442. The van der Waals surface area contributed by atoms with E-state index in [1.54, 1.807) is 6.08 Å². The molecule has 1 rings (SSSR count). The minimum Gasteiger partial charge on any atom is -0.370 e. The van der Waals surface area contributed by atoms with Crippen LogP contribution in [-0.4, -0.2) is 30.5 Å². The molecule has 0 bridgehead atoms. The second-order valence-corrected chi connectivity index (χ2v) is 4.65. The monoisotopic (exact) mass is 402 g/mol. The zero-order valence-electron chi connectivity index (χ0n) is 13.0. The summed E-state index contributed by atoms with van der Waals surface area (Å²) in [6.45, 7) is 12.3. The smallest absolute Gasteiger partial charge is 0.189 e. The van der Waals surface area contributed by atoms with Gasteiger partial charge in [0.1, 0.15) is 0 Å². The SMILES string of the molecule is C=CCNC(N)=NCc1cccc(CN(CC)CC)c1.I. The van der Waals surface area contributed by atoms with Crippen molar-refractivity contribution in [2.24, 2.45) is 10.7 Å². The van der Waals surface area contributed by atoms with Crippen LogP contribution in [0.15, 0.2) is 41.9 Å². The molecular weight excluding hydrogens is 375 g/mol. The molecule has 0 aliphatic heterocycles. The number of nitrogens with one attached hydrogen (secondary N) is 1. The van der Waals surface area contributed by atoms with E-state index in [0.29, 0.717) is 19.0 Å². The van der Waals surface area contributed by atoms with Crippen molar-refractivity contribution in [3.8, 4) is 0 Å². The van der Waals surface area contributed by atoms with Crippen molar-refractivity contribution in [3.63, 3.8) is 0 Å². The van der Waals surface area contributed by atoms with Crippen LogP contribution in [0, 0.1) is 0 Å². The van der Waals surface area contributed by atoms with E-state index in [0.717, 1.165) is 19.6 Å². The van der Waals surface area contributed by atoms with Crippen molar-refractivity contribution < 1.29 is 0 Å². The molecule has 0 aromatic heterocycles. The molecule has 0 unspecified atom stereocenters. The molecule has 5 heteroatoms. The van der Waals surface area contributed by atoms with Crippen LogP contribution in [-0.2, 0) is 13.1 Å². The molecule has 1 aromatic rings. The van der Waals surface area contributed by atoms with E-state index in [2.05, 4.69) is 59.9 Å². The van der Waals surface area contributed by atoms with Crippen LogP contribution >= 0.6 is 24.0 Å².